The Kier molecular flexibility index (Phi) is 2.58. The first-order valence-corrected chi connectivity index (χ1v) is 7.21. The van der Waals surface area contributed by atoms with E-state index in [-0.39, 0.29) is 0 Å². The van der Waals surface area contributed by atoms with E-state index in [9.17, 15) is 8.78 Å². The molecule has 21 heavy (non-hydrogen) atoms. The van der Waals surface area contributed by atoms with Gasteiger partial charge in [0.2, 0.25) is 0 Å². The summed E-state index contributed by atoms with van der Waals surface area (Å²) in [6.45, 7) is 0.295. The maximum atomic E-state index is 13.8. The summed E-state index contributed by atoms with van der Waals surface area (Å²) in [4.78, 5) is 4.27. The Hall–Kier alpha value is -1.98. The molecule has 0 bridgehead atoms. The maximum absolute atomic E-state index is 13.8. The SMILES string of the molecule is FC1(F)C(CNc2ccc(-c3ccn[nH]3)cn2)C12CCC2. The number of alkyl halides is 2. The number of H-pyrrole nitrogens is 1. The number of pyridine rings is 1. The lowest BCUT2D eigenvalue weighted by Crippen LogP contribution is -2.21. The molecular weight excluding hydrogens is 274 g/mol. The van der Waals surface area contributed by atoms with Gasteiger partial charge in [-0.25, -0.2) is 13.8 Å². The van der Waals surface area contributed by atoms with Crippen molar-refractivity contribution in [2.75, 3.05) is 11.9 Å². The van der Waals surface area contributed by atoms with Crippen molar-refractivity contribution in [3.8, 4) is 11.3 Å². The number of nitrogens with zero attached hydrogens (tertiary/aromatic N) is 2. The molecule has 0 saturated heterocycles. The lowest BCUT2D eigenvalue weighted by atomic mass is 9.79. The van der Waals surface area contributed by atoms with Crippen LogP contribution >= 0.6 is 0 Å². The van der Waals surface area contributed by atoms with Crippen LogP contribution in [0.3, 0.4) is 0 Å². The highest BCUT2D eigenvalue weighted by atomic mass is 19.3. The van der Waals surface area contributed by atoms with E-state index in [0.717, 1.165) is 17.7 Å². The predicted octanol–water partition coefficient (Wildman–Crippen LogP) is 3.32. The molecule has 2 aromatic rings. The van der Waals surface area contributed by atoms with Crippen molar-refractivity contribution in [2.45, 2.75) is 25.2 Å². The first-order valence-electron chi connectivity index (χ1n) is 7.21. The van der Waals surface area contributed by atoms with Crippen molar-refractivity contribution in [2.24, 2.45) is 11.3 Å². The summed E-state index contributed by atoms with van der Waals surface area (Å²) in [5.74, 6) is -2.39. The van der Waals surface area contributed by atoms with Crippen molar-refractivity contribution in [1.29, 1.82) is 0 Å². The molecule has 2 aromatic heterocycles. The first kappa shape index (κ1) is 12.7. The third kappa shape index (κ3) is 1.78. The van der Waals surface area contributed by atoms with Crippen LogP contribution in [-0.2, 0) is 0 Å². The molecular formula is C15H16F2N4. The van der Waals surface area contributed by atoms with E-state index in [2.05, 4.69) is 20.5 Å². The van der Waals surface area contributed by atoms with Crippen molar-refractivity contribution >= 4 is 5.82 Å². The number of aromatic nitrogens is 3. The van der Waals surface area contributed by atoms with Crippen LogP contribution in [0.25, 0.3) is 11.3 Å². The number of halogens is 2. The second-order valence-electron chi connectivity index (χ2n) is 5.97. The molecule has 2 N–H and O–H groups in total. The van der Waals surface area contributed by atoms with Gasteiger partial charge in [0.1, 0.15) is 5.82 Å². The zero-order valence-electron chi connectivity index (χ0n) is 11.4. The minimum absolute atomic E-state index is 0.295. The van der Waals surface area contributed by atoms with Crippen LogP contribution in [0.2, 0.25) is 0 Å². The second-order valence-corrected chi connectivity index (χ2v) is 5.97. The van der Waals surface area contributed by atoms with Crippen molar-refractivity contribution in [3.63, 3.8) is 0 Å². The zero-order valence-corrected chi connectivity index (χ0v) is 11.4. The minimum atomic E-state index is -2.49. The van der Waals surface area contributed by atoms with Gasteiger partial charge < -0.3 is 5.32 Å². The highest BCUT2D eigenvalue weighted by molar-refractivity contribution is 5.59. The van der Waals surface area contributed by atoms with Crippen LogP contribution in [0.15, 0.2) is 30.6 Å². The van der Waals surface area contributed by atoms with Crippen molar-refractivity contribution in [1.82, 2.24) is 15.2 Å². The number of aromatic amines is 1. The first-order chi connectivity index (χ1) is 10.1. The third-order valence-corrected chi connectivity index (χ3v) is 4.99. The van der Waals surface area contributed by atoms with Crippen LogP contribution < -0.4 is 5.32 Å². The largest absolute Gasteiger partial charge is 0.370 e. The third-order valence-electron chi connectivity index (χ3n) is 4.99. The fraction of sp³-hybridized carbons (Fsp3) is 0.467. The summed E-state index contributed by atoms with van der Waals surface area (Å²) < 4.78 is 27.6. The average molecular weight is 290 g/mol. The molecule has 0 aromatic carbocycles. The smallest absolute Gasteiger partial charge is 0.259 e. The molecule has 0 radical (unpaired) electrons. The standard InChI is InChI=1S/C15H16F2N4/c16-15(17)12(14(15)5-1-6-14)9-19-13-3-2-10(8-18-13)11-4-7-20-21-11/h2-4,7-8,12H,1,5-6,9H2,(H,18,19)(H,20,21). The number of nitrogens with one attached hydrogen (secondary N) is 2. The Balaban J connectivity index is 1.40. The van der Waals surface area contributed by atoms with Gasteiger partial charge in [-0.3, -0.25) is 5.10 Å². The minimum Gasteiger partial charge on any atom is -0.370 e. The molecule has 2 aliphatic rings. The van der Waals surface area contributed by atoms with Crippen molar-refractivity contribution in [3.05, 3.63) is 30.6 Å². The van der Waals surface area contributed by atoms with E-state index in [1.165, 1.54) is 0 Å². The predicted molar refractivity (Wildman–Crippen MR) is 75.0 cm³/mol. The van der Waals surface area contributed by atoms with E-state index in [1.807, 2.05) is 18.2 Å². The summed E-state index contributed by atoms with van der Waals surface area (Å²) in [5.41, 5.74) is 1.11. The van der Waals surface area contributed by atoms with Gasteiger partial charge in [-0.15, -0.1) is 0 Å². The van der Waals surface area contributed by atoms with Gasteiger partial charge in [-0.1, -0.05) is 6.42 Å². The van der Waals surface area contributed by atoms with Crippen LogP contribution in [0, 0.1) is 11.3 Å². The fourth-order valence-corrected chi connectivity index (χ4v) is 3.44. The van der Waals surface area contributed by atoms with E-state index in [4.69, 9.17) is 0 Å². The Bertz CT molecular complexity index is 632. The lowest BCUT2D eigenvalue weighted by Gasteiger charge is -2.26. The highest BCUT2D eigenvalue weighted by Gasteiger charge is 2.81. The Morgan fingerprint density at radius 1 is 1.29 bits per heavy atom. The molecule has 1 unspecified atom stereocenters. The normalized spacial score (nSPS) is 24.6. The topological polar surface area (TPSA) is 53.6 Å². The summed E-state index contributed by atoms with van der Waals surface area (Å²) in [6, 6.07) is 5.56. The van der Waals surface area contributed by atoms with E-state index < -0.39 is 17.3 Å². The van der Waals surface area contributed by atoms with Crippen LogP contribution in [0.5, 0.6) is 0 Å². The molecule has 4 nitrogen and oxygen atoms in total. The molecule has 0 amide bonds. The lowest BCUT2D eigenvalue weighted by molar-refractivity contribution is 0.0282. The maximum Gasteiger partial charge on any atom is 0.259 e. The van der Waals surface area contributed by atoms with Crippen LogP contribution in [0.4, 0.5) is 14.6 Å². The van der Waals surface area contributed by atoms with E-state index >= 15 is 0 Å². The van der Waals surface area contributed by atoms with Gasteiger partial charge in [0.25, 0.3) is 5.92 Å². The van der Waals surface area contributed by atoms with Gasteiger partial charge in [0.15, 0.2) is 0 Å². The van der Waals surface area contributed by atoms with E-state index in [1.54, 1.807) is 12.4 Å². The highest BCUT2D eigenvalue weighted by Crippen LogP contribution is 2.75. The molecule has 0 aliphatic heterocycles. The molecule has 1 atom stereocenters. The van der Waals surface area contributed by atoms with Gasteiger partial charge in [-0.2, -0.15) is 5.10 Å². The van der Waals surface area contributed by atoms with Crippen LogP contribution in [0.1, 0.15) is 19.3 Å². The fourth-order valence-electron chi connectivity index (χ4n) is 3.44. The summed E-state index contributed by atoms with van der Waals surface area (Å²) in [5, 5.41) is 9.79. The molecule has 110 valence electrons. The number of rotatable bonds is 4. The van der Waals surface area contributed by atoms with E-state index in [0.29, 0.717) is 25.2 Å². The monoisotopic (exact) mass is 290 g/mol. The number of anilines is 1. The van der Waals surface area contributed by atoms with Gasteiger partial charge in [0.05, 0.1) is 11.6 Å². The molecule has 6 heteroatoms. The zero-order chi connectivity index (χ0) is 14.5. The molecule has 1 spiro atoms. The molecule has 2 fully saturated rings. The number of hydrogen-bond donors (Lipinski definition) is 2. The number of hydrogen-bond acceptors (Lipinski definition) is 3. The summed E-state index contributed by atoms with van der Waals surface area (Å²) in [7, 11) is 0. The molecule has 4 rings (SSSR count). The Morgan fingerprint density at radius 3 is 2.67 bits per heavy atom. The van der Waals surface area contributed by atoms with Gasteiger partial charge in [0, 0.05) is 29.9 Å². The van der Waals surface area contributed by atoms with Crippen LogP contribution in [-0.4, -0.2) is 27.6 Å². The quantitative estimate of drug-likeness (QED) is 0.908. The summed E-state index contributed by atoms with van der Waals surface area (Å²) in [6.07, 6.45) is 5.65. The average Bonchev–Trinajstić information content (AvgIpc) is 2.81. The van der Waals surface area contributed by atoms with Crippen molar-refractivity contribution < 1.29 is 8.78 Å². The van der Waals surface area contributed by atoms with Gasteiger partial charge >= 0.3 is 0 Å². The molecule has 2 aliphatic carbocycles. The molecule has 2 heterocycles. The molecule has 2 saturated carbocycles. The summed E-state index contributed by atoms with van der Waals surface area (Å²) >= 11 is 0. The Morgan fingerprint density at radius 2 is 2.14 bits per heavy atom. The Labute approximate surface area is 121 Å². The van der Waals surface area contributed by atoms with Gasteiger partial charge in [-0.05, 0) is 31.0 Å². The second kappa shape index (κ2) is 4.26.